The summed E-state index contributed by atoms with van der Waals surface area (Å²) in [4.78, 5) is 24.4. The van der Waals surface area contributed by atoms with Gasteiger partial charge in [0.15, 0.2) is 0 Å². The summed E-state index contributed by atoms with van der Waals surface area (Å²) in [5.74, 6) is -1.60. The van der Waals surface area contributed by atoms with Crippen molar-refractivity contribution in [3.63, 3.8) is 0 Å². The monoisotopic (exact) mass is 496 g/mol. The van der Waals surface area contributed by atoms with Gasteiger partial charge in [-0.3, -0.25) is 4.98 Å². The van der Waals surface area contributed by atoms with Gasteiger partial charge in [-0.05, 0) is 24.3 Å². The lowest BCUT2D eigenvalue weighted by Gasteiger charge is -2.14. The van der Waals surface area contributed by atoms with Crippen LogP contribution in [0, 0.1) is 0 Å². The number of benzene rings is 1. The molecule has 14 heteroatoms. The molecule has 0 aliphatic heterocycles. The zero-order chi connectivity index (χ0) is 21.4. The number of carbonyl (C=O) groups is 1. The van der Waals surface area contributed by atoms with E-state index in [9.17, 15) is 22.7 Å². The first-order valence-electron chi connectivity index (χ1n) is 7.55. The second-order valence-corrected chi connectivity index (χ2v) is 11.2. The number of aromatic carboxylic acids is 1. The average molecular weight is 497 g/mol. The zero-order valence-corrected chi connectivity index (χ0v) is 18.1. The van der Waals surface area contributed by atoms with Crippen molar-refractivity contribution < 1.29 is 32.3 Å². The molecule has 3 rings (SSSR count). The van der Waals surface area contributed by atoms with Crippen LogP contribution in [0.25, 0.3) is 10.1 Å². The molecule has 0 radical (unpaired) electrons. The van der Waals surface area contributed by atoms with Crippen molar-refractivity contribution in [3.05, 3.63) is 52.3 Å². The van der Waals surface area contributed by atoms with Gasteiger partial charge in [-0.1, -0.05) is 23.2 Å². The van der Waals surface area contributed by atoms with Gasteiger partial charge in [0.05, 0.1) is 21.5 Å². The molecule has 29 heavy (non-hydrogen) atoms. The minimum absolute atomic E-state index is 0.156. The molecule has 1 aromatic carbocycles. The summed E-state index contributed by atoms with van der Waals surface area (Å²) in [5, 5.41) is 9.97. The highest BCUT2D eigenvalue weighted by molar-refractivity contribution is 7.92. The molecule has 9 nitrogen and oxygen atoms in total. The van der Waals surface area contributed by atoms with E-state index in [2.05, 4.69) is 4.98 Å². The molecule has 3 N–H and O–H groups in total. The van der Waals surface area contributed by atoms with E-state index >= 15 is 0 Å². The molecular formula is C15H11Cl2N2O7PS2. The molecule has 1 atom stereocenters. The van der Waals surface area contributed by atoms with Gasteiger partial charge in [-0.25, -0.2) is 17.8 Å². The van der Waals surface area contributed by atoms with Crippen molar-refractivity contribution >= 4 is 68.2 Å². The first-order chi connectivity index (χ1) is 13.5. The number of rotatable bonds is 7. The van der Waals surface area contributed by atoms with Crippen LogP contribution in [0.2, 0.25) is 10.0 Å². The maximum absolute atomic E-state index is 12.5. The van der Waals surface area contributed by atoms with Gasteiger partial charge in [0.1, 0.15) is 16.2 Å². The van der Waals surface area contributed by atoms with E-state index in [1.807, 2.05) is 4.72 Å². The van der Waals surface area contributed by atoms with Gasteiger partial charge in [0.2, 0.25) is 0 Å². The number of carboxylic acid groups (broad SMARTS) is 1. The van der Waals surface area contributed by atoms with Crippen LogP contribution in [0.5, 0.6) is 5.75 Å². The van der Waals surface area contributed by atoms with E-state index in [1.165, 1.54) is 18.2 Å². The molecule has 0 fully saturated rings. The molecule has 0 spiro atoms. The molecule has 154 valence electrons. The number of fused-ring (bicyclic) bond motifs is 1. The van der Waals surface area contributed by atoms with Crippen molar-refractivity contribution in [2.45, 2.75) is 4.21 Å². The van der Waals surface area contributed by atoms with E-state index in [1.54, 1.807) is 0 Å². The van der Waals surface area contributed by atoms with E-state index < -0.39 is 29.9 Å². The number of sulfonamides is 1. The molecule has 0 amide bonds. The van der Waals surface area contributed by atoms with Crippen LogP contribution in [0.1, 0.15) is 10.4 Å². The lowest BCUT2D eigenvalue weighted by Crippen LogP contribution is -2.25. The Morgan fingerprint density at radius 1 is 1.24 bits per heavy atom. The van der Waals surface area contributed by atoms with Crippen molar-refractivity contribution in [3.8, 4) is 5.75 Å². The maximum Gasteiger partial charge on any atom is 0.391 e. The van der Waals surface area contributed by atoms with Gasteiger partial charge < -0.3 is 14.5 Å². The number of thiophene rings is 1. The third kappa shape index (κ3) is 5.07. The fourth-order valence-corrected chi connectivity index (χ4v) is 6.67. The Morgan fingerprint density at radius 2 is 1.93 bits per heavy atom. The number of aromatic nitrogens is 1. The summed E-state index contributed by atoms with van der Waals surface area (Å²) in [7, 11) is -8.68. The standard InChI is InChI=1S/C15H11Cl2N2O7PS2/c16-11-1-2-12(17)14-10(11)4-13(28-14)29(24,25)19-7-27(22,23)26-9-3-8(15(20)21)5-18-6-9/h1-6,19H,7H2,(H,20,21)(H,22,23). The van der Waals surface area contributed by atoms with E-state index in [0.717, 1.165) is 29.8 Å². The van der Waals surface area contributed by atoms with Crippen molar-refractivity contribution in [1.82, 2.24) is 9.71 Å². The van der Waals surface area contributed by atoms with E-state index in [4.69, 9.17) is 32.8 Å². The Bertz CT molecular complexity index is 1220. The highest BCUT2D eigenvalue weighted by Crippen LogP contribution is 2.42. The van der Waals surface area contributed by atoms with Crippen LogP contribution in [0.4, 0.5) is 0 Å². The first kappa shape index (κ1) is 22.0. The summed E-state index contributed by atoms with van der Waals surface area (Å²) in [6, 6.07) is 5.35. The summed E-state index contributed by atoms with van der Waals surface area (Å²) in [6.07, 6.45) is 1.10. The third-order valence-electron chi connectivity index (χ3n) is 3.49. The summed E-state index contributed by atoms with van der Waals surface area (Å²) in [6.45, 7) is 0. The Labute approximate surface area is 178 Å². The van der Waals surface area contributed by atoms with Crippen LogP contribution in [0.3, 0.4) is 0 Å². The van der Waals surface area contributed by atoms with Gasteiger partial charge >= 0.3 is 13.6 Å². The maximum atomic E-state index is 12.5. The van der Waals surface area contributed by atoms with Crippen molar-refractivity contribution in [1.29, 1.82) is 0 Å². The molecule has 1 unspecified atom stereocenters. The van der Waals surface area contributed by atoms with Gasteiger partial charge in [0, 0.05) is 16.6 Å². The van der Waals surface area contributed by atoms with Crippen LogP contribution < -0.4 is 9.25 Å². The Kier molecular flexibility index (Phi) is 6.21. The largest absolute Gasteiger partial charge is 0.478 e. The van der Waals surface area contributed by atoms with Crippen molar-refractivity contribution in [2.24, 2.45) is 0 Å². The average Bonchev–Trinajstić information content (AvgIpc) is 3.11. The summed E-state index contributed by atoms with van der Waals surface area (Å²) in [5.41, 5.74) is -0.262. The minimum atomic E-state index is -4.51. The fraction of sp³-hybridized carbons (Fsp3) is 0.0667. The highest BCUT2D eigenvalue weighted by Gasteiger charge is 2.27. The third-order valence-corrected chi connectivity index (χ3v) is 8.55. The van der Waals surface area contributed by atoms with Gasteiger partial charge in [-0.15, -0.1) is 11.3 Å². The lowest BCUT2D eigenvalue weighted by molar-refractivity contribution is 0.0696. The molecule has 0 aliphatic carbocycles. The quantitative estimate of drug-likeness (QED) is 0.419. The fourth-order valence-electron chi connectivity index (χ4n) is 2.19. The summed E-state index contributed by atoms with van der Waals surface area (Å²) >= 11 is 13.0. The normalized spacial score (nSPS) is 13.9. The second-order valence-electron chi connectivity index (χ2n) is 5.59. The van der Waals surface area contributed by atoms with Gasteiger partial charge in [0.25, 0.3) is 10.0 Å². The highest BCUT2D eigenvalue weighted by atomic mass is 35.5. The minimum Gasteiger partial charge on any atom is -0.478 e. The van der Waals surface area contributed by atoms with Crippen LogP contribution in [-0.4, -0.2) is 35.7 Å². The molecule has 0 bridgehead atoms. The van der Waals surface area contributed by atoms with E-state index in [0.29, 0.717) is 20.1 Å². The van der Waals surface area contributed by atoms with Crippen molar-refractivity contribution in [2.75, 3.05) is 6.29 Å². The molecule has 0 saturated carbocycles. The first-order valence-corrected chi connectivity index (χ1v) is 12.4. The topological polar surface area (TPSA) is 143 Å². The van der Waals surface area contributed by atoms with Crippen LogP contribution in [-0.2, 0) is 14.6 Å². The Morgan fingerprint density at radius 3 is 2.59 bits per heavy atom. The van der Waals surface area contributed by atoms with Crippen LogP contribution >= 0.6 is 42.1 Å². The smallest absolute Gasteiger partial charge is 0.391 e. The molecule has 0 saturated heterocycles. The number of nitrogens with one attached hydrogen (secondary N) is 1. The number of halogens is 2. The predicted octanol–water partition coefficient (Wildman–Crippen LogP) is 3.80. The van der Waals surface area contributed by atoms with Gasteiger partial charge in [-0.2, -0.15) is 4.72 Å². The molecular weight excluding hydrogens is 486 g/mol. The number of nitrogens with zero attached hydrogens (tertiary/aromatic N) is 1. The molecule has 2 aromatic heterocycles. The second kappa shape index (κ2) is 8.19. The summed E-state index contributed by atoms with van der Waals surface area (Å²) < 4.78 is 44.4. The Hall–Kier alpha value is -1.72. The molecule has 3 aromatic rings. The van der Waals surface area contributed by atoms with Crippen LogP contribution in [0.15, 0.2) is 40.9 Å². The number of pyridine rings is 1. The SMILES string of the molecule is O=C(O)c1cncc(OP(=O)(O)CNS(=O)(=O)c2cc3c(Cl)ccc(Cl)c3s2)c1. The van der Waals surface area contributed by atoms with E-state index in [-0.39, 0.29) is 15.5 Å². The number of carboxylic acids is 1. The molecule has 0 aliphatic rings. The Balaban J connectivity index is 1.78. The lowest BCUT2D eigenvalue weighted by atomic mass is 10.3. The predicted molar refractivity (Wildman–Crippen MR) is 109 cm³/mol. The zero-order valence-electron chi connectivity index (χ0n) is 14.1. The molecule has 2 heterocycles. The number of hydrogen-bond acceptors (Lipinski definition) is 7. The number of hydrogen-bond donors (Lipinski definition) is 3.